The van der Waals surface area contributed by atoms with Crippen LogP contribution in [0.5, 0.6) is 0 Å². The fourth-order valence-corrected chi connectivity index (χ4v) is 6.54. The fourth-order valence-electron chi connectivity index (χ4n) is 6.54. The maximum atomic E-state index is 12.6. The van der Waals surface area contributed by atoms with Crippen molar-refractivity contribution in [2.45, 2.75) is 71.6 Å². The lowest BCUT2D eigenvalue weighted by Gasteiger charge is -2.39. The molecule has 1 heterocycles. The molecule has 0 aromatic carbocycles. The SMILES string of the molecule is CC(C)=CC=CC(C)C1CCC2(C)CC3C4C(=CC=C12)C(=O)NC4(O)CC3(C)O. The Morgan fingerprint density at radius 2 is 2.00 bits per heavy atom. The van der Waals surface area contributed by atoms with Gasteiger partial charge in [0.1, 0.15) is 5.72 Å². The highest BCUT2D eigenvalue weighted by atomic mass is 16.3. The number of hydrogen-bond donors (Lipinski definition) is 3. The van der Waals surface area contributed by atoms with Gasteiger partial charge in [-0.2, -0.15) is 0 Å². The quantitative estimate of drug-likeness (QED) is 0.630. The molecule has 0 radical (unpaired) electrons. The summed E-state index contributed by atoms with van der Waals surface area (Å²) >= 11 is 0. The van der Waals surface area contributed by atoms with Crippen LogP contribution in [0.25, 0.3) is 0 Å². The largest absolute Gasteiger partial charge is 0.390 e. The van der Waals surface area contributed by atoms with Crippen LogP contribution in [0.2, 0.25) is 0 Å². The Hall–Kier alpha value is -1.65. The molecule has 7 atom stereocenters. The second kappa shape index (κ2) is 6.68. The molecule has 0 spiro atoms. The first-order valence-electron chi connectivity index (χ1n) is 11.0. The van der Waals surface area contributed by atoms with Gasteiger partial charge in [-0.15, -0.1) is 0 Å². The summed E-state index contributed by atoms with van der Waals surface area (Å²) in [5.74, 6) is 0.176. The molecule has 4 heteroatoms. The zero-order valence-electron chi connectivity index (χ0n) is 18.3. The number of nitrogens with one attached hydrogen (secondary N) is 1. The summed E-state index contributed by atoms with van der Waals surface area (Å²) in [6, 6.07) is 0. The van der Waals surface area contributed by atoms with E-state index in [0.717, 1.165) is 19.3 Å². The first-order chi connectivity index (χ1) is 13.5. The third-order valence-corrected chi connectivity index (χ3v) is 7.97. The predicted molar refractivity (Wildman–Crippen MR) is 115 cm³/mol. The molecule has 4 nitrogen and oxygen atoms in total. The monoisotopic (exact) mass is 397 g/mol. The van der Waals surface area contributed by atoms with Gasteiger partial charge >= 0.3 is 0 Å². The number of fused-ring (bicyclic) bond motifs is 1. The van der Waals surface area contributed by atoms with Gasteiger partial charge in [0.15, 0.2) is 0 Å². The van der Waals surface area contributed by atoms with Gasteiger partial charge in [0.05, 0.1) is 5.60 Å². The Bertz CT molecular complexity index is 844. The minimum absolute atomic E-state index is 0.0170. The normalized spacial score (nSPS) is 44.4. The van der Waals surface area contributed by atoms with E-state index in [-0.39, 0.29) is 29.6 Å². The number of allylic oxidation sites excluding steroid dienone is 7. The van der Waals surface area contributed by atoms with Gasteiger partial charge in [-0.3, -0.25) is 4.79 Å². The van der Waals surface area contributed by atoms with Crippen molar-refractivity contribution >= 4 is 5.91 Å². The zero-order valence-corrected chi connectivity index (χ0v) is 18.3. The molecule has 4 aliphatic rings. The Morgan fingerprint density at radius 1 is 1.28 bits per heavy atom. The molecule has 1 saturated heterocycles. The van der Waals surface area contributed by atoms with Crippen molar-refractivity contribution in [2.24, 2.45) is 29.1 Å². The molecule has 0 bridgehead atoms. The van der Waals surface area contributed by atoms with Crippen molar-refractivity contribution in [2.75, 3.05) is 0 Å². The Kier molecular flexibility index (Phi) is 4.75. The lowest BCUT2D eigenvalue weighted by atomic mass is 9.66. The number of amides is 1. The molecular formula is C25H35NO3. The maximum absolute atomic E-state index is 12.6. The van der Waals surface area contributed by atoms with E-state index in [1.807, 2.05) is 13.0 Å². The van der Waals surface area contributed by atoms with Gasteiger partial charge in [-0.25, -0.2) is 0 Å². The van der Waals surface area contributed by atoms with Crippen LogP contribution < -0.4 is 5.32 Å². The third-order valence-electron chi connectivity index (χ3n) is 7.97. The average molecular weight is 398 g/mol. The number of hydrogen-bond acceptors (Lipinski definition) is 3. The fraction of sp³-hybridized carbons (Fsp3) is 0.640. The minimum Gasteiger partial charge on any atom is -0.390 e. The number of carbonyl (C=O) groups excluding carboxylic acids is 1. The average Bonchev–Trinajstić information content (AvgIpc) is 3.07. The molecule has 3 N–H and O–H groups in total. The first-order valence-corrected chi connectivity index (χ1v) is 11.0. The van der Waals surface area contributed by atoms with Gasteiger partial charge in [0.25, 0.3) is 0 Å². The minimum atomic E-state index is -1.32. The smallest absolute Gasteiger partial charge is 0.249 e. The van der Waals surface area contributed by atoms with Crippen LogP contribution in [0.15, 0.2) is 47.1 Å². The van der Waals surface area contributed by atoms with Gasteiger partial charge in [0, 0.05) is 23.8 Å². The molecule has 4 rings (SSSR count). The highest BCUT2D eigenvalue weighted by Crippen LogP contribution is 2.61. The van der Waals surface area contributed by atoms with Crippen molar-refractivity contribution in [3.05, 3.63) is 47.1 Å². The maximum Gasteiger partial charge on any atom is 0.249 e. The molecule has 7 unspecified atom stereocenters. The summed E-state index contributed by atoms with van der Waals surface area (Å²) in [4.78, 5) is 12.6. The zero-order chi connectivity index (χ0) is 21.2. The molecule has 1 amide bonds. The van der Waals surface area contributed by atoms with E-state index in [4.69, 9.17) is 0 Å². The highest BCUT2D eigenvalue weighted by molar-refractivity contribution is 5.98. The Labute approximate surface area is 174 Å². The van der Waals surface area contributed by atoms with Crippen molar-refractivity contribution in [1.82, 2.24) is 5.32 Å². The first kappa shape index (κ1) is 20.6. The predicted octanol–water partition coefficient (Wildman–Crippen LogP) is 4.02. The van der Waals surface area contributed by atoms with Crippen LogP contribution in [0.1, 0.15) is 60.3 Å². The van der Waals surface area contributed by atoms with E-state index < -0.39 is 11.3 Å². The van der Waals surface area contributed by atoms with Crippen LogP contribution in [0, 0.1) is 29.1 Å². The topological polar surface area (TPSA) is 69.6 Å². The highest BCUT2D eigenvalue weighted by Gasteiger charge is 2.65. The third kappa shape index (κ3) is 3.25. The van der Waals surface area contributed by atoms with E-state index in [9.17, 15) is 15.0 Å². The summed E-state index contributed by atoms with van der Waals surface area (Å²) in [5, 5.41) is 25.0. The molecule has 1 aliphatic heterocycles. The summed E-state index contributed by atoms with van der Waals surface area (Å²) in [6.07, 6.45) is 13.8. The van der Waals surface area contributed by atoms with Crippen LogP contribution in [-0.2, 0) is 4.79 Å². The molecule has 0 aromatic rings. The molecule has 2 saturated carbocycles. The van der Waals surface area contributed by atoms with Crippen LogP contribution >= 0.6 is 0 Å². The second-order valence-electron chi connectivity index (χ2n) is 10.6. The summed E-state index contributed by atoms with van der Waals surface area (Å²) < 4.78 is 0. The van der Waals surface area contributed by atoms with Crippen LogP contribution in [-0.4, -0.2) is 27.4 Å². The second-order valence-corrected chi connectivity index (χ2v) is 10.6. The van der Waals surface area contributed by atoms with E-state index in [1.54, 1.807) is 0 Å². The Balaban J connectivity index is 1.73. The lowest BCUT2D eigenvalue weighted by molar-refractivity contribution is -0.121. The van der Waals surface area contributed by atoms with Crippen molar-refractivity contribution in [3.63, 3.8) is 0 Å². The van der Waals surface area contributed by atoms with E-state index in [2.05, 4.69) is 57.3 Å². The summed E-state index contributed by atoms with van der Waals surface area (Å²) in [5.41, 5.74) is 0.972. The van der Waals surface area contributed by atoms with Crippen LogP contribution in [0.3, 0.4) is 0 Å². The number of rotatable bonds is 3. The van der Waals surface area contributed by atoms with E-state index in [1.165, 1.54) is 11.1 Å². The summed E-state index contributed by atoms with van der Waals surface area (Å²) in [7, 11) is 0. The molecule has 158 valence electrons. The molecule has 29 heavy (non-hydrogen) atoms. The van der Waals surface area contributed by atoms with Gasteiger partial charge in [-0.1, -0.05) is 55.4 Å². The van der Waals surface area contributed by atoms with Crippen molar-refractivity contribution < 1.29 is 15.0 Å². The summed E-state index contributed by atoms with van der Waals surface area (Å²) in [6.45, 7) is 10.6. The van der Waals surface area contributed by atoms with Crippen molar-refractivity contribution in [1.29, 1.82) is 0 Å². The van der Waals surface area contributed by atoms with Crippen LogP contribution in [0.4, 0.5) is 0 Å². The number of aliphatic hydroxyl groups is 2. The van der Waals surface area contributed by atoms with Gasteiger partial charge in [-0.05, 0) is 57.3 Å². The van der Waals surface area contributed by atoms with Gasteiger partial charge in [0.2, 0.25) is 5.91 Å². The van der Waals surface area contributed by atoms with Gasteiger partial charge < -0.3 is 15.5 Å². The van der Waals surface area contributed by atoms with Crippen molar-refractivity contribution in [3.8, 4) is 0 Å². The van der Waals surface area contributed by atoms with E-state index in [0.29, 0.717) is 17.4 Å². The molecule has 3 fully saturated rings. The standard InChI is InChI=1S/C25H35NO3/c1-15(2)7-6-8-16(3)17-11-12-23(4)13-20-21-18(9-10-19(17)23)22(27)26-25(21,29)14-24(20,5)28/h6-10,16-17,20-21,28-29H,11-14H2,1-5H3,(H,26,27). The molecule has 0 aromatic heterocycles. The Morgan fingerprint density at radius 3 is 2.69 bits per heavy atom. The van der Waals surface area contributed by atoms with E-state index >= 15 is 0 Å². The lowest BCUT2D eigenvalue weighted by Crippen LogP contribution is -2.44. The molecular weight excluding hydrogens is 362 g/mol. The number of carbonyl (C=O) groups is 1. The molecule has 3 aliphatic carbocycles.